The van der Waals surface area contributed by atoms with Crippen LogP contribution in [0.4, 0.5) is 0 Å². The predicted molar refractivity (Wildman–Crippen MR) is 104 cm³/mol. The molecule has 3 heterocycles. The highest BCUT2D eigenvalue weighted by molar-refractivity contribution is 7.42. The number of aromatic nitrogens is 2. The Kier molecular flexibility index (Phi) is 5.58. The fourth-order valence-corrected chi connectivity index (χ4v) is 4.67. The summed E-state index contributed by atoms with van der Waals surface area (Å²) in [5.74, 6) is 0.822. The summed E-state index contributed by atoms with van der Waals surface area (Å²) >= 11 is 5.81. The Labute approximate surface area is 167 Å². The van der Waals surface area contributed by atoms with Crippen molar-refractivity contribution >= 4 is 20.2 Å². The molecule has 0 aliphatic carbocycles. The zero-order valence-corrected chi connectivity index (χ0v) is 17.1. The van der Waals surface area contributed by atoms with Crippen LogP contribution in [0.2, 0.25) is 5.02 Å². The molecule has 1 saturated heterocycles. The van der Waals surface area contributed by atoms with Gasteiger partial charge in [0, 0.05) is 11.8 Å². The number of nitrogens with one attached hydrogen (secondary N) is 1. The van der Waals surface area contributed by atoms with Crippen LogP contribution in [0.15, 0.2) is 27.9 Å². The molecular weight excluding hydrogens is 407 g/mol. The highest BCUT2D eigenvalue weighted by atomic mass is 35.5. The number of H-pyrrole nitrogens is 1. The number of aromatic amines is 1. The zero-order valence-electron chi connectivity index (χ0n) is 15.4. The van der Waals surface area contributed by atoms with Crippen molar-refractivity contribution < 1.29 is 18.3 Å². The number of ether oxygens (including phenoxy) is 1. The van der Waals surface area contributed by atoms with Gasteiger partial charge in [0.25, 0.3) is 5.56 Å². The largest absolute Gasteiger partial charge is 0.426 e. The number of halogens is 1. The molecule has 1 fully saturated rings. The summed E-state index contributed by atoms with van der Waals surface area (Å²) in [7, 11) is -1.50. The van der Waals surface area contributed by atoms with Gasteiger partial charge in [0.05, 0.1) is 19.3 Å². The van der Waals surface area contributed by atoms with Crippen molar-refractivity contribution in [2.75, 3.05) is 6.61 Å². The monoisotopic (exact) mass is 426 g/mol. The quantitative estimate of drug-likeness (QED) is 0.754. The van der Waals surface area contributed by atoms with E-state index in [1.165, 1.54) is 16.3 Å². The van der Waals surface area contributed by atoms with E-state index in [9.17, 15) is 9.59 Å². The van der Waals surface area contributed by atoms with Gasteiger partial charge in [0.15, 0.2) is 0 Å². The second kappa shape index (κ2) is 7.97. The van der Waals surface area contributed by atoms with Crippen molar-refractivity contribution in [3.8, 4) is 5.75 Å². The van der Waals surface area contributed by atoms with Gasteiger partial charge < -0.3 is 9.26 Å². The molecule has 1 aromatic heterocycles. The summed E-state index contributed by atoms with van der Waals surface area (Å²) < 4.78 is 24.5. The van der Waals surface area contributed by atoms with E-state index >= 15 is 0 Å². The van der Waals surface area contributed by atoms with Gasteiger partial charge in [-0.15, -0.1) is 0 Å². The number of benzene rings is 1. The van der Waals surface area contributed by atoms with E-state index in [1.807, 2.05) is 19.9 Å². The minimum atomic E-state index is -1.50. The van der Waals surface area contributed by atoms with Gasteiger partial charge in [-0.05, 0) is 32.3 Å². The average molecular weight is 427 g/mol. The first-order chi connectivity index (χ1) is 13.4. The lowest BCUT2D eigenvalue weighted by atomic mass is 10.1. The molecule has 3 unspecified atom stereocenters. The normalized spacial score (nSPS) is 24.0. The van der Waals surface area contributed by atoms with Crippen molar-refractivity contribution in [3.63, 3.8) is 0 Å². The van der Waals surface area contributed by atoms with Crippen LogP contribution in [0, 0.1) is 13.8 Å². The van der Waals surface area contributed by atoms with Gasteiger partial charge in [0.2, 0.25) is 0 Å². The Morgan fingerprint density at radius 3 is 2.96 bits per heavy atom. The molecule has 0 saturated carbocycles. The van der Waals surface area contributed by atoms with Crippen LogP contribution in [0.3, 0.4) is 0 Å². The van der Waals surface area contributed by atoms with Crippen LogP contribution in [0.5, 0.6) is 5.75 Å². The molecule has 1 aromatic carbocycles. The fraction of sp³-hybridized carbons (Fsp3) is 0.444. The zero-order chi connectivity index (χ0) is 19.8. The minimum absolute atomic E-state index is 0.0559. The van der Waals surface area contributed by atoms with Gasteiger partial charge in [-0.2, -0.15) is 0 Å². The van der Waals surface area contributed by atoms with E-state index in [0.717, 1.165) is 16.9 Å². The Morgan fingerprint density at radius 1 is 1.32 bits per heavy atom. The predicted octanol–water partition coefficient (Wildman–Crippen LogP) is 3.34. The number of hydrogen-bond acceptors (Lipinski definition) is 6. The molecule has 3 atom stereocenters. The molecule has 4 rings (SSSR count). The lowest BCUT2D eigenvalue weighted by molar-refractivity contribution is -0.0229. The van der Waals surface area contributed by atoms with Crippen LogP contribution in [-0.4, -0.2) is 22.3 Å². The van der Waals surface area contributed by atoms with Crippen LogP contribution in [0.1, 0.15) is 35.8 Å². The average Bonchev–Trinajstić information content (AvgIpc) is 3.12. The van der Waals surface area contributed by atoms with Crippen molar-refractivity contribution in [2.24, 2.45) is 0 Å². The Bertz CT molecular complexity index is 1010. The third kappa shape index (κ3) is 4.02. The maximum atomic E-state index is 12.0. The third-order valence-corrected chi connectivity index (χ3v) is 5.97. The number of hydrogen-bond donors (Lipinski definition) is 1. The van der Waals surface area contributed by atoms with Crippen LogP contribution in [0.25, 0.3) is 0 Å². The molecule has 2 aromatic rings. The van der Waals surface area contributed by atoms with E-state index in [2.05, 4.69) is 11.1 Å². The van der Waals surface area contributed by atoms with Gasteiger partial charge in [-0.25, -0.2) is 4.79 Å². The summed E-state index contributed by atoms with van der Waals surface area (Å²) in [6, 6.07) is 4.11. The van der Waals surface area contributed by atoms with Gasteiger partial charge in [-0.3, -0.25) is 23.4 Å². The molecule has 0 amide bonds. The Morgan fingerprint density at radius 2 is 2.14 bits per heavy atom. The maximum absolute atomic E-state index is 12.0. The maximum Gasteiger partial charge on any atom is 0.397 e. The lowest BCUT2D eigenvalue weighted by Crippen LogP contribution is -2.32. The first-order valence-electron chi connectivity index (χ1n) is 8.91. The van der Waals surface area contributed by atoms with Crippen LogP contribution >= 0.6 is 20.2 Å². The minimum Gasteiger partial charge on any atom is -0.426 e. The molecular formula is C18H20ClN2O6P. The van der Waals surface area contributed by atoms with E-state index in [-0.39, 0.29) is 17.7 Å². The molecule has 150 valence electrons. The van der Waals surface area contributed by atoms with E-state index in [4.69, 9.17) is 29.9 Å². The third-order valence-electron chi connectivity index (χ3n) is 4.67. The highest BCUT2D eigenvalue weighted by Crippen LogP contribution is 2.49. The fourth-order valence-electron chi connectivity index (χ4n) is 3.40. The topological polar surface area (TPSA) is 91.8 Å². The van der Waals surface area contributed by atoms with Crippen LogP contribution in [-0.2, 0) is 20.4 Å². The molecule has 0 radical (unpaired) electrons. The molecule has 8 nitrogen and oxygen atoms in total. The van der Waals surface area contributed by atoms with Crippen LogP contribution < -0.4 is 15.8 Å². The van der Waals surface area contributed by atoms with Crippen molar-refractivity contribution in [3.05, 3.63) is 60.9 Å². The number of nitrogens with zero attached hydrogens (tertiary/aromatic N) is 1. The first-order valence-corrected chi connectivity index (χ1v) is 10.4. The highest BCUT2D eigenvalue weighted by Gasteiger charge is 2.31. The number of fused-ring (bicyclic) bond motifs is 1. The SMILES string of the molecule is Cc1cc(C)c2c(c1)COP(OCC1CCC(n3cc(Cl)c(=O)[nH]c3=O)O1)O2. The molecule has 0 bridgehead atoms. The van der Waals surface area contributed by atoms with E-state index in [0.29, 0.717) is 19.4 Å². The van der Waals surface area contributed by atoms with Gasteiger partial charge in [-0.1, -0.05) is 29.3 Å². The summed E-state index contributed by atoms with van der Waals surface area (Å²) in [5.41, 5.74) is 2.08. The molecule has 10 heteroatoms. The molecule has 2 aliphatic heterocycles. The van der Waals surface area contributed by atoms with E-state index in [1.54, 1.807) is 0 Å². The Balaban J connectivity index is 1.35. The summed E-state index contributed by atoms with van der Waals surface area (Å²) in [4.78, 5) is 25.5. The smallest absolute Gasteiger partial charge is 0.397 e. The van der Waals surface area contributed by atoms with Crippen molar-refractivity contribution in [1.82, 2.24) is 9.55 Å². The standard InChI is InChI=1S/C18H20ClN2O6P/c1-10-5-11(2)16-12(6-10)8-24-28(27-16)25-9-13-3-4-15(26-13)21-7-14(19)17(22)20-18(21)23/h5-7,13,15H,3-4,8-9H2,1-2H3,(H,20,22,23). The summed E-state index contributed by atoms with van der Waals surface area (Å²) in [6.07, 6.45) is 1.90. The van der Waals surface area contributed by atoms with Crippen molar-refractivity contribution in [1.29, 1.82) is 0 Å². The van der Waals surface area contributed by atoms with E-state index < -0.39 is 26.1 Å². The van der Waals surface area contributed by atoms with Gasteiger partial charge in [0.1, 0.15) is 17.0 Å². The number of rotatable bonds is 4. The van der Waals surface area contributed by atoms with Crippen molar-refractivity contribution in [2.45, 2.75) is 45.6 Å². The second-order valence-corrected chi connectivity index (χ2v) is 8.44. The molecule has 2 aliphatic rings. The number of aryl methyl sites for hydroxylation is 2. The molecule has 0 spiro atoms. The molecule has 28 heavy (non-hydrogen) atoms. The second-order valence-electron chi connectivity index (χ2n) is 6.89. The summed E-state index contributed by atoms with van der Waals surface area (Å²) in [5, 5.41) is -0.0559. The lowest BCUT2D eigenvalue weighted by Gasteiger charge is -2.26. The first kappa shape index (κ1) is 19.6. The summed E-state index contributed by atoms with van der Waals surface area (Å²) in [6.45, 7) is 4.77. The van der Waals surface area contributed by atoms with Gasteiger partial charge >= 0.3 is 14.3 Å². The Hall–Kier alpha value is -1.70. The molecule has 1 N–H and O–H groups in total.